The summed E-state index contributed by atoms with van der Waals surface area (Å²) in [5, 5.41) is 0. The molecule has 0 aromatic rings. The van der Waals surface area contributed by atoms with Crippen molar-refractivity contribution < 1.29 is 9.53 Å². The van der Waals surface area contributed by atoms with Crippen LogP contribution < -0.4 is 0 Å². The number of hydrogen-bond acceptors (Lipinski definition) is 2. The van der Waals surface area contributed by atoms with Gasteiger partial charge in [-0.05, 0) is 109 Å². The molecule has 2 bridgehead atoms. The molecule has 0 radical (unpaired) electrons. The molecule has 1 heterocycles. The van der Waals surface area contributed by atoms with E-state index in [0.29, 0.717) is 44.9 Å². The van der Waals surface area contributed by atoms with Gasteiger partial charge in [0, 0.05) is 11.8 Å². The predicted molar refractivity (Wildman–Crippen MR) is 129 cm³/mol. The second kappa shape index (κ2) is 6.24. The zero-order valence-electron chi connectivity index (χ0n) is 22.0. The molecule has 0 aromatic heterocycles. The first-order chi connectivity index (χ1) is 14.8. The van der Waals surface area contributed by atoms with Crippen LogP contribution in [0.2, 0.25) is 0 Å². The molecule has 2 nitrogen and oxygen atoms in total. The van der Waals surface area contributed by atoms with Crippen molar-refractivity contribution in [2.24, 2.45) is 56.2 Å². The van der Waals surface area contributed by atoms with Gasteiger partial charge in [-0.3, -0.25) is 4.79 Å². The molecule has 9 atom stereocenters. The topological polar surface area (TPSA) is 26.3 Å². The molecule has 0 N–H and O–H groups in total. The standard InChI is InChI=1S/C30H48O2/c1-25(2)14-16-30-17-15-28(6)19(23(30)24(25)32-18-30)8-9-21-27(5)12-11-22(31)26(3,4)20(27)10-13-29(21,28)7/h19-21,23-24H,8-18H2,1-7H3/t19-,20+,21-,23+,24-,27-,28-,29+,30+/m1/s1. The Morgan fingerprint density at radius 1 is 0.750 bits per heavy atom. The summed E-state index contributed by atoms with van der Waals surface area (Å²) >= 11 is 0. The van der Waals surface area contributed by atoms with Gasteiger partial charge in [0.05, 0.1) is 12.7 Å². The Labute approximate surface area is 197 Å². The maximum Gasteiger partial charge on any atom is 0.138 e. The summed E-state index contributed by atoms with van der Waals surface area (Å²) in [5.74, 6) is 3.46. The molecular formula is C30H48O2. The molecule has 0 spiro atoms. The van der Waals surface area contributed by atoms with Gasteiger partial charge >= 0.3 is 0 Å². The Balaban J connectivity index is 1.40. The number of ether oxygens (including phenoxy) is 1. The zero-order chi connectivity index (χ0) is 22.9. The number of ketones is 1. The molecule has 0 aromatic carbocycles. The summed E-state index contributed by atoms with van der Waals surface area (Å²) in [6.45, 7) is 18.6. The van der Waals surface area contributed by atoms with Crippen LogP contribution in [-0.2, 0) is 9.53 Å². The van der Waals surface area contributed by atoms with Crippen molar-refractivity contribution in [3.05, 3.63) is 0 Å². The Morgan fingerprint density at radius 2 is 1.47 bits per heavy atom. The Morgan fingerprint density at radius 3 is 2.22 bits per heavy atom. The minimum absolute atomic E-state index is 0.136. The van der Waals surface area contributed by atoms with E-state index in [-0.39, 0.29) is 5.41 Å². The van der Waals surface area contributed by atoms with Crippen molar-refractivity contribution in [2.75, 3.05) is 6.61 Å². The van der Waals surface area contributed by atoms with Gasteiger partial charge in [-0.2, -0.15) is 0 Å². The molecule has 32 heavy (non-hydrogen) atoms. The quantitative estimate of drug-likeness (QED) is 0.391. The lowest BCUT2D eigenvalue weighted by molar-refractivity contribution is -0.239. The van der Waals surface area contributed by atoms with E-state index in [9.17, 15) is 4.79 Å². The molecule has 180 valence electrons. The minimum atomic E-state index is -0.136. The van der Waals surface area contributed by atoms with E-state index < -0.39 is 0 Å². The molecule has 6 aliphatic rings. The molecule has 1 aliphatic heterocycles. The van der Waals surface area contributed by atoms with Gasteiger partial charge in [0.2, 0.25) is 0 Å². The largest absolute Gasteiger partial charge is 0.377 e. The fraction of sp³-hybridized carbons (Fsp3) is 0.967. The highest BCUT2D eigenvalue weighted by Crippen LogP contribution is 2.77. The van der Waals surface area contributed by atoms with Crippen LogP contribution in [0.15, 0.2) is 0 Å². The highest BCUT2D eigenvalue weighted by atomic mass is 16.5. The van der Waals surface area contributed by atoms with Crippen molar-refractivity contribution in [3.63, 3.8) is 0 Å². The lowest BCUT2D eigenvalue weighted by atomic mass is 9.31. The van der Waals surface area contributed by atoms with Crippen LogP contribution >= 0.6 is 0 Å². The third kappa shape index (κ3) is 2.35. The van der Waals surface area contributed by atoms with E-state index in [0.717, 1.165) is 37.2 Å². The van der Waals surface area contributed by atoms with Gasteiger partial charge in [0.1, 0.15) is 5.78 Å². The van der Waals surface area contributed by atoms with Gasteiger partial charge in [0.25, 0.3) is 0 Å². The van der Waals surface area contributed by atoms with Gasteiger partial charge in [-0.1, -0.05) is 48.5 Å². The molecule has 6 fully saturated rings. The van der Waals surface area contributed by atoms with E-state index in [1.54, 1.807) is 0 Å². The molecular weight excluding hydrogens is 392 g/mol. The van der Waals surface area contributed by atoms with Crippen molar-refractivity contribution in [1.29, 1.82) is 0 Å². The number of fused-ring (bicyclic) bond motifs is 5. The molecule has 0 unspecified atom stereocenters. The molecule has 2 heteroatoms. The zero-order valence-corrected chi connectivity index (χ0v) is 22.0. The van der Waals surface area contributed by atoms with Crippen LogP contribution in [0, 0.1) is 56.2 Å². The van der Waals surface area contributed by atoms with Crippen LogP contribution in [0.4, 0.5) is 0 Å². The maximum absolute atomic E-state index is 12.9. The predicted octanol–water partition coefficient (Wildman–Crippen LogP) is 7.45. The number of Topliss-reactive ketones (excluding diaryl/α,β-unsaturated/α-hetero) is 1. The first-order valence-corrected chi connectivity index (χ1v) is 14.0. The second-order valence-corrected chi connectivity index (χ2v) is 15.4. The first kappa shape index (κ1) is 22.1. The average molecular weight is 441 g/mol. The number of carbonyl (C=O) groups excluding carboxylic acids is 1. The van der Waals surface area contributed by atoms with Crippen molar-refractivity contribution in [3.8, 4) is 0 Å². The summed E-state index contributed by atoms with van der Waals surface area (Å²) in [7, 11) is 0. The molecule has 0 amide bonds. The van der Waals surface area contributed by atoms with E-state index in [2.05, 4.69) is 48.5 Å². The van der Waals surface area contributed by atoms with E-state index in [4.69, 9.17) is 4.74 Å². The highest BCUT2D eigenvalue weighted by molar-refractivity contribution is 5.85. The average Bonchev–Trinajstić information content (AvgIpc) is 3.05. The summed E-state index contributed by atoms with van der Waals surface area (Å²) in [4.78, 5) is 12.9. The fourth-order valence-electron chi connectivity index (χ4n) is 11.8. The summed E-state index contributed by atoms with van der Waals surface area (Å²) < 4.78 is 6.70. The lowest BCUT2D eigenvalue weighted by Gasteiger charge is -2.72. The minimum Gasteiger partial charge on any atom is -0.377 e. The van der Waals surface area contributed by atoms with Crippen LogP contribution in [0.1, 0.15) is 113 Å². The van der Waals surface area contributed by atoms with Crippen molar-refractivity contribution in [1.82, 2.24) is 0 Å². The Bertz CT molecular complexity index is 842. The van der Waals surface area contributed by atoms with Crippen molar-refractivity contribution >= 4 is 5.78 Å². The lowest BCUT2D eigenvalue weighted by Crippen LogP contribution is -2.67. The van der Waals surface area contributed by atoms with Gasteiger partial charge in [-0.15, -0.1) is 0 Å². The Hall–Kier alpha value is -0.370. The van der Waals surface area contributed by atoms with Crippen LogP contribution in [0.3, 0.4) is 0 Å². The molecule has 1 saturated heterocycles. The monoisotopic (exact) mass is 440 g/mol. The Kier molecular flexibility index (Phi) is 4.31. The third-order valence-electron chi connectivity index (χ3n) is 13.9. The van der Waals surface area contributed by atoms with E-state index in [1.807, 2.05) is 0 Å². The second-order valence-electron chi connectivity index (χ2n) is 15.4. The van der Waals surface area contributed by atoms with E-state index in [1.165, 1.54) is 51.4 Å². The number of carbonyl (C=O) groups is 1. The first-order valence-electron chi connectivity index (χ1n) is 14.0. The SMILES string of the molecule is CC1(C)CC[C@@]23CC[C@]4(C)[C@H](CC[C@@H]5[C@]6(C)CCC(=O)C(C)(C)[C@@H]6CC[C@@]54C)[C@H]2[C@H]1OC3. The molecule has 6 rings (SSSR count). The van der Waals surface area contributed by atoms with Gasteiger partial charge < -0.3 is 4.74 Å². The van der Waals surface area contributed by atoms with Crippen LogP contribution in [0.5, 0.6) is 0 Å². The normalized spacial score (nSPS) is 57.7. The highest BCUT2D eigenvalue weighted by Gasteiger charge is 2.72. The van der Waals surface area contributed by atoms with E-state index >= 15 is 0 Å². The molecule has 5 saturated carbocycles. The number of hydrogen-bond donors (Lipinski definition) is 0. The summed E-state index contributed by atoms with van der Waals surface area (Å²) in [6.07, 6.45) is 13.3. The van der Waals surface area contributed by atoms with Crippen LogP contribution in [0.25, 0.3) is 0 Å². The maximum atomic E-state index is 12.9. The summed E-state index contributed by atoms with van der Waals surface area (Å²) in [6, 6.07) is 0. The van der Waals surface area contributed by atoms with Gasteiger partial charge in [0.15, 0.2) is 0 Å². The van der Waals surface area contributed by atoms with Crippen molar-refractivity contribution in [2.45, 2.75) is 119 Å². The van der Waals surface area contributed by atoms with Gasteiger partial charge in [-0.25, -0.2) is 0 Å². The third-order valence-corrected chi connectivity index (χ3v) is 13.9. The number of rotatable bonds is 0. The summed E-state index contributed by atoms with van der Waals surface area (Å²) in [5.41, 5.74) is 1.83. The van der Waals surface area contributed by atoms with Crippen LogP contribution in [-0.4, -0.2) is 18.5 Å². The molecule has 5 aliphatic carbocycles. The smallest absolute Gasteiger partial charge is 0.138 e. The fourth-order valence-corrected chi connectivity index (χ4v) is 11.8.